The van der Waals surface area contributed by atoms with Gasteiger partial charge < -0.3 is 14.5 Å². The van der Waals surface area contributed by atoms with Crippen LogP contribution in [0.2, 0.25) is 0 Å². The van der Waals surface area contributed by atoms with E-state index in [1.807, 2.05) is 24.3 Å². The first kappa shape index (κ1) is 16.0. The van der Waals surface area contributed by atoms with Gasteiger partial charge in [-0.15, -0.1) is 0 Å². The van der Waals surface area contributed by atoms with Crippen molar-refractivity contribution in [2.24, 2.45) is 5.92 Å². The smallest absolute Gasteiger partial charge is 0.175 e. The number of allylic oxidation sites excluding steroid dienone is 2. The van der Waals surface area contributed by atoms with Gasteiger partial charge >= 0.3 is 0 Å². The van der Waals surface area contributed by atoms with E-state index in [0.29, 0.717) is 18.6 Å². The minimum Gasteiger partial charge on any atom is -0.488 e. The summed E-state index contributed by atoms with van der Waals surface area (Å²) >= 11 is 0. The summed E-state index contributed by atoms with van der Waals surface area (Å²) in [7, 11) is 0. The summed E-state index contributed by atoms with van der Waals surface area (Å²) < 4.78 is 11.5. The molecule has 4 rings (SSSR count). The molecule has 1 atom stereocenters. The fourth-order valence-electron chi connectivity index (χ4n) is 3.58. The molecule has 1 heterocycles. The third-order valence-corrected chi connectivity index (χ3v) is 4.84. The molecule has 1 aromatic heterocycles. The zero-order valence-corrected chi connectivity index (χ0v) is 14.2. The minimum atomic E-state index is 0.360. The van der Waals surface area contributed by atoms with E-state index in [0.717, 1.165) is 36.1 Å². The number of furan rings is 1. The lowest BCUT2D eigenvalue weighted by atomic mass is 9.91. The molecule has 3 heteroatoms. The molecule has 25 heavy (non-hydrogen) atoms. The zero-order chi connectivity index (χ0) is 16.9. The Balaban J connectivity index is 1.37. The van der Waals surface area contributed by atoms with Crippen LogP contribution >= 0.6 is 0 Å². The molecular formula is C22H23NO2. The molecule has 3 nitrogen and oxygen atoms in total. The van der Waals surface area contributed by atoms with Crippen LogP contribution in [0.4, 0.5) is 0 Å². The molecule has 0 saturated heterocycles. The normalized spacial score (nSPS) is 15.7. The maximum Gasteiger partial charge on any atom is 0.175 e. The summed E-state index contributed by atoms with van der Waals surface area (Å²) in [5.41, 5.74) is 2.17. The Morgan fingerprint density at radius 3 is 2.68 bits per heavy atom. The van der Waals surface area contributed by atoms with Crippen molar-refractivity contribution in [3.63, 3.8) is 0 Å². The van der Waals surface area contributed by atoms with E-state index >= 15 is 0 Å². The maximum absolute atomic E-state index is 5.95. The van der Waals surface area contributed by atoms with Crippen molar-refractivity contribution < 1.29 is 9.15 Å². The fraction of sp³-hybridized carbons (Fsp3) is 0.273. The third-order valence-electron chi connectivity index (χ3n) is 4.84. The molecule has 0 fully saturated rings. The van der Waals surface area contributed by atoms with E-state index in [4.69, 9.17) is 9.15 Å². The number of benzene rings is 2. The number of para-hydroxylation sites is 1. The fourth-order valence-corrected chi connectivity index (χ4v) is 3.58. The number of fused-ring (bicyclic) bond motifs is 1. The van der Waals surface area contributed by atoms with Crippen LogP contribution < -0.4 is 10.1 Å². The van der Waals surface area contributed by atoms with Crippen molar-refractivity contribution in [2.45, 2.75) is 18.9 Å². The SMILES string of the molecule is C1=CCC(C(NCCOc2cccc3ccoc23)c2ccccc2)C1. The Morgan fingerprint density at radius 1 is 1.00 bits per heavy atom. The second-order valence-corrected chi connectivity index (χ2v) is 6.49. The lowest BCUT2D eigenvalue weighted by Gasteiger charge is -2.25. The molecule has 0 spiro atoms. The summed E-state index contributed by atoms with van der Waals surface area (Å²) in [5, 5.41) is 4.77. The average molecular weight is 333 g/mol. The van der Waals surface area contributed by atoms with Crippen LogP contribution in [0.25, 0.3) is 11.0 Å². The molecule has 128 valence electrons. The quantitative estimate of drug-likeness (QED) is 0.482. The van der Waals surface area contributed by atoms with Gasteiger partial charge in [0.15, 0.2) is 11.3 Å². The van der Waals surface area contributed by atoms with Crippen LogP contribution in [0.15, 0.2) is 77.4 Å². The Hall–Kier alpha value is -2.52. The molecular weight excluding hydrogens is 310 g/mol. The number of hydrogen-bond acceptors (Lipinski definition) is 3. The van der Waals surface area contributed by atoms with Crippen LogP contribution in [0.3, 0.4) is 0 Å². The standard InChI is InChI=1S/C22H23NO2/c1-2-7-17(8-3-1)21(18-9-4-5-10-18)23-14-16-24-20-12-6-11-19-13-15-25-22(19)20/h1-8,11-13,15,18,21,23H,9-10,14,16H2. The Morgan fingerprint density at radius 2 is 1.84 bits per heavy atom. The highest BCUT2D eigenvalue weighted by Crippen LogP contribution is 2.32. The molecule has 0 aliphatic heterocycles. The Bertz CT molecular complexity index is 829. The van der Waals surface area contributed by atoms with Gasteiger partial charge in [-0.05, 0) is 36.5 Å². The molecule has 2 aromatic carbocycles. The number of nitrogens with one attached hydrogen (secondary N) is 1. The molecule has 1 aliphatic carbocycles. The second-order valence-electron chi connectivity index (χ2n) is 6.49. The van der Waals surface area contributed by atoms with Gasteiger partial charge in [0.05, 0.1) is 6.26 Å². The monoisotopic (exact) mass is 333 g/mol. The van der Waals surface area contributed by atoms with Gasteiger partial charge in [0, 0.05) is 18.0 Å². The van der Waals surface area contributed by atoms with Crippen molar-refractivity contribution in [3.8, 4) is 5.75 Å². The largest absolute Gasteiger partial charge is 0.488 e. The van der Waals surface area contributed by atoms with Gasteiger partial charge in [-0.3, -0.25) is 0 Å². The summed E-state index contributed by atoms with van der Waals surface area (Å²) in [5.74, 6) is 1.43. The van der Waals surface area contributed by atoms with Crippen LogP contribution in [0.5, 0.6) is 5.75 Å². The maximum atomic E-state index is 5.95. The van der Waals surface area contributed by atoms with E-state index in [1.165, 1.54) is 5.56 Å². The highest BCUT2D eigenvalue weighted by Gasteiger charge is 2.23. The van der Waals surface area contributed by atoms with Gasteiger partial charge in [0.2, 0.25) is 0 Å². The van der Waals surface area contributed by atoms with E-state index in [-0.39, 0.29) is 0 Å². The summed E-state index contributed by atoms with van der Waals surface area (Å²) in [6, 6.07) is 19.0. The van der Waals surface area contributed by atoms with Crippen molar-refractivity contribution in [2.75, 3.05) is 13.2 Å². The topological polar surface area (TPSA) is 34.4 Å². The molecule has 0 radical (unpaired) electrons. The van der Waals surface area contributed by atoms with Crippen molar-refractivity contribution in [3.05, 3.63) is 78.6 Å². The molecule has 0 saturated carbocycles. The van der Waals surface area contributed by atoms with Gasteiger partial charge in [-0.2, -0.15) is 0 Å². The van der Waals surface area contributed by atoms with Crippen LogP contribution in [-0.4, -0.2) is 13.2 Å². The minimum absolute atomic E-state index is 0.360. The second kappa shape index (κ2) is 7.58. The molecule has 1 N–H and O–H groups in total. The van der Waals surface area contributed by atoms with E-state index in [1.54, 1.807) is 6.26 Å². The molecule has 3 aromatic rings. The van der Waals surface area contributed by atoms with E-state index in [2.05, 4.69) is 47.8 Å². The number of ether oxygens (including phenoxy) is 1. The molecule has 1 unspecified atom stereocenters. The predicted molar refractivity (Wildman–Crippen MR) is 101 cm³/mol. The van der Waals surface area contributed by atoms with Crippen LogP contribution in [0, 0.1) is 5.92 Å². The third kappa shape index (κ3) is 3.62. The van der Waals surface area contributed by atoms with Crippen LogP contribution in [-0.2, 0) is 0 Å². The Kier molecular flexibility index (Phi) is 4.84. The number of rotatable bonds is 7. The van der Waals surface area contributed by atoms with E-state index < -0.39 is 0 Å². The first-order valence-corrected chi connectivity index (χ1v) is 8.94. The molecule has 0 bridgehead atoms. The van der Waals surface area contributed by atoms with Gasteiger partial charge in [0.1, 0.15) is 6.61 Å². The first-order chi connectivity index (χ1) is 12.4. The zero-order valence-electron chi connectivity index (χ0n) is 14.2. The lowest BCUT2D eigenvalue weighted by molar-refractivity contribution is 0.287. The van der Waals surface area contributed by atoms with E-state index in [9.17, 15) is 0 Å². The summed E-state index contributed by atoms with van der Waals surface area (Å²) in [4.78, 5) is 0. The van der Waals surface area contributed by atoms with Gasteiger partial charge in [-0.1, -0.05) is 54.6 Å². The lowest BCUT2D eigenvalue weighted by Crippen LogP contribution is -2.30. The summed E-state index contributed by atoms with van der Waals surface area (Å²) in [6.07, 6.45) is 8.55. The average Bonchev–Trinajstić information content (AvgIpc) is 3.34. The highest BCUT2D eigenvalue weighted by atomic mass is 16.5. The Labute approximate surface area is 148 Å². The van der Waals surface area contributed by atoms with Crippen molar-refractivity contribution in [1.29, 1.82) is 0 Å². The molecule has 0 amide bonds. The highest BCUT2D eigenvalue weighted by molar-refractivity contribution is 5.82. The first-order valence-electron chi connectivity index (χ1n) is 8.94. The number of hydrogen-bond donors (Lipinski definition) is 1. The molecule has 1 aliphatic rings. The summed E-state index contributed by atoms with van der Waals surface area (Å²) in [6.45, 7) is 1.41. The van der Waals surface area contributed by atoms with Crippen molar-refractivity contribution >= 4 is 11.0 Å². The van der Waals surface area contributed by atoms with Crippen LogP contribution in [0.1, 0.15) is 24.4 Å². The van der Waals surface area contributed by atoms with Crippen molar-refractivity contribution in [1.82, 2.24) is 5.32 Å². The predicted octanol–water partition coefficient (Wildman–Crippen LogP) is 5.11. The van der Waals surface area contributed by atoms with Gasteiger partial charge in [-0.25, -0.2) is 0 Å². The van der Waals surface area contributed by atoms with Gasteiger partial charge in [0.25, 0.3) is 0 Å².